The van der Waals surface area contributed by atoms with Crippen LogP contribution >= 0.6 is 11.6 Å². The maximum absolute atomic E-state index is 11.9. The summed E-state index contributed by atoms with van der Waals surface area (Å²) in [6.07, 6.45) is 3.87. The minimum Gasteiger partial charge on any atom is -0.352 e. The summed E-state index contributed by atoms with van der Waals surface area (Å²) in [4.78, 5) is 11.9. The van der Waals surface area contributed by atoms with Crippen molar-refractivity contribution in [1.29, 1.82) is 0 Å². The molecule has 0 atom stereocenters. The Morgan fingerprint density at radius 3 is 2.67 bits per heavy atom. The summed E-state index contributed by atoms with van der Waals surface area (Å²) in [5.74, 6) is 0.0695. The number of rotatable bonds is 5. The molecule has 3 N–H and O–H groups in total. The van der Waals surface area contributed by atoms with Gasteiger partial charge in [0.1, 0.15) is 0 Å². The Bertz CT molecular complexity index is 424. The summed E-state index contributed by atoms with van der Waals surface area (Å²) < 4.78 is 0. The fourth-order valence-corrected chi connectivity index (χ4v) is 2.57. The number of hydrogen-bond acceptors (Lipinski definition) is 2. The van der Waals surface area contributed by atoms with Crippen molar-refractivity contribution >= 4 is 17.5 Å². The van der Waals surface area contributed by atoms with E-state index in [1.165, 1.54) is 6.42 Å². The molecule has 0 radical (unpaired) electrons. The molecule has 4 heteroatoms. The van der Waals surface area contributed by atoms with Crippen LogP contribution in [-0.2, 0) is 11.3 Å². The largest absolute Gasteiger partial charge is 0.352 e. The van der Waals surface area contributed by atoms with E-state index >= 15 is 0 Å². The standard InChI is InChI=1S/C14H19ClN2O/c15-12-5-2-1-4-11(12)9-17-13(18)8-14(10-16)6-3-7-14/h1-2,4-5H,3,6-10,16H2,(H,17,18). The van der Waals surface area contributed by atoms with Crippen LogP contribution in [0, 0.1) is 5.41 Å². The van der Waals surface area contributed by atoms with E-state index in [4.69, 9.17) is 17.3 Å². The molecule has 1 fully saturated rings. The van der Waals surface area contributed by atoms with Gasteiger partial charge in [-0.25, -0.2) is 0 Å². The van der Waals surface area contributed by atoms with E-state index < -0.39 is 0 Å². The first-order valence-corrected chi connectivity index (χ1v) is 6.73. The molecule has 1 aromatic rings. The Labute approximate surface area is 113 Å². The van der Waals surface area contributed by atoms with Crippen LogP contribution in [0.2, 0.25) is 5.02 Å². The highest BCUT2D eigenvalue weighted by molar-refractivity contribution is 6.31. The molecule has 3 nitrogen and oxygen atoms in total. The molecule has 0 aromatic heterocycles. The van der Waals surface area contributed by atoms with E-state index in [0.717, 1.165) is 18.4 Å². The number of carbonyl (C=O) groups excluding carboxylic acids is 1. The fraction of sp³-hybridized carbons (Fsp3) is 0.500. The predicted molar refractivity (Wildman–Crippen MR) is 73.3 cm³/mol. The van der Waals surface area contributed by atoms with Gasteiger partial charge in [-0.15, -0.1) is 0 Å². The van der Waals surface area contributed by atoms with Crippen LogP contribution in [0.1, 0.15) is 31.2 Å². The lowest BCUT2D eigenvalue weighted by molar-refractivity contribution is -0.124. The summed E-state index contributed by atoms with van der Waals surface area (Å²) in [5.41, 5.74) is 6.75. The lowest BCUT2D eigenvalue weighted by atomic mass is 9.66. The number of nitrogens with two attached hydrogens (primary N) is 1. The summed E-state index contributed by atoms with van der Waals surface area (Å²) in [6, 6.07) is 7.55. The van der Waals surface area contributed by atoms with Crippen LogP contribution in [0.15, 0.2) is 24.3 Å². The van der Waals surface area contributed by atoms with E-state index in [1.54, 1.807) is 0 Å². The van der Waals surface area contributed by atoms with Gasteiger partial charge in [-0.1, -0.05) is 36.2 Å². The van der Waals surface area contributed by atoms with E-state index in [0.29, 0.717) is 24.5 Å². The molecule has 0 spiro atoms. The first-order chi connectivity index (χ1) is 8.65. The van der Waals surface area contributed by atoms with Gasteiger partial charge in [0, 0.05) is 18.0 Å². The Balaban J connectivity index is 1.83. The minimum atomic E-state index is 0.0601. The molecule has 0 aliphatic heterocycles. The van der Waals surface area contributed by atoms with Crippen molar-refractivity contribution in [3.63, 3.8) is 0 Å². The van der Waals surface area contributed by atoms with Gasteiger partial charge in [-0.3, -0.25) is 4.79 Å². The Hall–Kier alpha value is -1.06. The number of benzene rings is 1. The summed E-state index contributed by atoms with van der Waals surface area (Å²) in [5, 5.41) is 3.61. The number of amides is 1. The SMILES string of the molecule is NCC1(CC(=O)NCc2ccccc2Cl)CCC1. The maximum Gasteiger partial charge on any atom is 0.220 e. The zero-order valence-electron chi connectivity index (χ0n) is 10.4. The highest BCUT2D eigenvalue weighted by atomic mass is 35.5. The summed E-state index contributed by atoms with van der Waals surface area (Å²) in [6.45, 7) is 1.09. The zero-order valence-corrected chi connectivity index (χ0v) is 11.2. The highest BCUT2D eigenvalue weighted by Gasteiger charge is 2.37. The second kappa shape index (κ2) is 5.72. The second-order valence-corrected chi connectivity index (χ2v) is 5.51. The topological polar surface area (TPSA) is 55.1 Å². The maximum atomic E-state index is 11.9. The molecule has 0 bridgehead atoms. The molecule has 1 aliphatic rings. The molecule has 2 rings (SSSR count). The monoisotopic (exact) mass is 266 g/mol. The lowest BCUT2D eigenvalue weighted by Crippen LogP contribution is -2.41. The summed E-state index contributed by atoms with van der Waals surface area (Å²) in [7, 11) is 0. The first-order valence-electron chi connectivity index (χ1n) is 6.35. The average Bonchev–Trinajstić information content (AvgIpc) is 2.33. The van der Waals surface area contributed by atoms with E-state index in [2.05, 4.69) is 5.32 Å². The zero-order chi connectivity index (χ0) is 13.0. The predicted octanol–water partition coefficient (Wildman–Crippen LogP) is 2.48. The molecule has 1 aromatic carbocycles. The average molecular weight is 267 g/mol. The van der Waals surface area contributed by atoms with Crippen molar-refractivity contribution in [3.8, 4) is 0 Å². The van der Waals surface area contributed by atoms with Gasteiger partial charge in [0.25, 0.3) is 0 Å². The molecule has 1 aliphatic carbocycles. The van der Waals surface area contributed by atoms with Crippen LogP contribution in [0.25, 0.3) is 0 Å². The van der Waals surface area contributed by atoms with Crippen molar-refractivity contribution in [2.75, 3.05) is 6.54 Å². The Kier molecular flexibility index (Phi) is 4.25. The molecular formula is C14H19ClN2O. The number of carbonyl (C=O) groups is 1. The second-order valence-electron chi connectivity index (χ2n) is 5.10. The third-order valence-electron chi connectivity index (χ3n) is 3.82. The Morgan fingerprint density at radius 2 is 2.11 bits per heavy atom. The Morgan fingerprint density at radius 1 is 1.39 bits per heavy atom. The van der Waals surface area contributed by atoms with E-state index in [9.17, 15) is 4.79 Å². The van der Waals surface area contributed by atoms with Gasteiger partial charge < -0.3 is 11.1 Å². The quantitative estimate of drug-likeness (QED) is 0.860. The van der Waals surface area contributed by atoms with Gasteiger partial charge in [0.2, 0.25) is 5.91 Å². The number of nitrogens with one attached hydrogen (secondary N) is 1. The lowest BCUT2D eigenvalue weighted by Gasteiger charge is -2.40. The van der Waals surface area contributed by atoms with Crippen LogP contribution in [0.4, 0.5) is 0 Å². The van der Waals surface area contributed by atoms with E-state index in [-0.39, 0.29) is 11.3 Å². The van der Waals surface area contributed by atoms with Gasteiger partial charge >= 0.3 is 0 Å². The normalized spacial score (nSPS) is 17.0. The van der Waals surface area contributed by atoms with Gasteiger partial charge in [-0.2, -0.15) is 0 Å². The van der Waals surface area contributed by atoms with Crippen LogP contribution in [0.5, 0.6) is 0 Å². The third kappa shape index (κ3) is 3.03. The molecular weight excluding hydrogens is 248 g/mol. The number of halogens is 1. The first kappa shape index (κ1) is 13.4. The van der Waals surface area contributed by atoms with Crippen molar-refractivity contribution in [2.45, 2.75) is 32.2 Å². The van der Waals surface area contributed by atoms with Crippen molar-refractivity contribution in [2.24, 2.45) is 11.1 Å². The van der Waals surface area contributed by atoms with E-state index in [1.807, 2.05) is 24.3 Å². The molecule has 1 amide bonds. The van der Waals surface area contributed by atoms with Crippen LogP contribution in [0.3, 0.4) is 0 Å². The minimum absolute atomic E-state index is 0.0601. The van der Waals surface area contributed by atoms with Crippen LogP contribution < -0.4 is 11.1 Å². The third-order valence-corrected chi connectivity index (χ3v) is 4.19. The molecule has 98 valence electrons. The molecule has 0 unspecified atom stereocenters. The van der Waals surface area contributed by atoms with Crippen molar-refractivity contribution in [3.05, 3.63) is 34.9 Å². The number of hydrogen-bond donors (Lipinski definition) is 2. The molecule has 0 heterocycles. The fourth-order valence-electron chi connectivity index (χ4n) is 2.37. The molecule has 18 heavy (non-hydrogen) atoms. The van der Waals surface area contributed by atoms with Crippen molar-refractivity contribution < 1.29 is 4.79 Å². The van der Waals surface area contributed by atoms with Gasteiger partial charge in [0.05, 0.1) is 0 Å². The smallest absolute Gasteiger partial charge is 0.220 e. The van der Waals surface area contributed by atoms with Gasteiger partial charge in [-0.05, 0) is 36.4 Å². The summed E-state index contributed by atoms with van der Waals surface area (Å²) >= 11 is 6.04. The van der Waals surface area contributed by atoms with Crippen molar-refractivity contribution in [1.82, 2.24) is 5.32 Å². The van der Waals surface area contributed by atoms with Gasteiger partial charge in [0.15, 0.2) is 0 Å². The highest BCUT2D eigenvalue weighted by Crippen LogP contribution is 2.42. The van der Waals surface area contributed by atoms with Crippen LogP contribution in [-0.4, -0.2) is 12.5 Å². The molecule has 1 saturated carbocycles. The molecule has 0 saturated heterocycles.